The van der Waals surface area contributed by atoms with Crippen LogP contribution in [0.25, 0.3) is 0 Å². The Balaban J connectivity index is 2.33. The first-order chi connectivity index (χ1) is 9.93. The highest BCUT2D eigenvalue weighted by Crippen LogP contribution is 2.16. The Morgan fingerprint density at radius 1 is 1.48 bits per heavy atom. The van der Waals surface area contributed by atoms with E-state index in [0.717, 1.165) is 0 Å². The molecule has 2 aromatic rings. The summed E-state index contributed by atoms with van der Waals surface area (Å²) in [6, 6.07) is 1.73. The molecule has 2 aromatic heterocycles. The molecule has 0 radical (unpaired) electrons. The molecular formula is C15H18N2O4. The number of ether oxygens (including phenoxy) is 1. The number of esters is 1. The lowest BCUT2D eigenvalue weighted by Gasteiger charge is -2.07. The Kier molecular flexibility index (Phi) is 4.26. The summed E-state index contributed by atoms with van der Waals surface area (Å²) in [6.07, 6.45) is 3.19. The van der Waals surface area contributed by atoms with Crippen molar-refractivity contribution in [3.63, 3.8) is 0 Å². The zero-order valence-electron chi connectivity index (χ0n) is 12.5. The highest BCUT2D eigenvalue weighted by Gasteiger charge is 2.17. The monoisotopic (exact) mass is 290 g/mol. The third-order valence-corrected chi connectivity index (χ3v) is 3.15. The van der Waals surface area contributed by atoms with Crippen LogP contribution in [0.1, 0.15) is 47.3 Å². The normalized spacial score (nSPS) is 10.9. The van der Waals surface area contributed by atoms with Gasteiger partial charge in [-0.25, -0.2) is 4.79 Å². The molecule has 0 N–H and O–H groups in total. The van der Waals surface area contributed by atoms with Gasteiger partial charge in [-0.05, 0) is 13.0 Å². The van der Waals surface area contributed by atoms with Crippen LogP contribution in [0.2, 0.25) is 0 Å². The van der Waals surface area contributed by atoms with Crippen molar-refractivity contribution >= 4 is 5.97 Å². The van der Waals surface area contributed by atoms with E-state index in [-0.39, 0.29) is 23.8 Å². The molecule has 0 amide bonds. The van der Waals surface area contributed by atoms with Crippen LogP contribution in [-0.4, -0.2) is 22.6 Å². The van der Waals surface area contributed by atoms with Crippen molar-refractivity contribution in [1.82, 2.24) is 9.55 Å². The summed E-state index contributed by atoms with van der Waals surface area (Å²) in [5.41, 5.74) is 1.04. The molecule has 0 fully saturated rings. The largest absolute Gasteiger partial charge is 0.463 e. The van der Waals surface area contributed by atoms with Gasteiger partial charge in [0.15, 0.2) is 0 Å². The zero-order chi connectivity index (χ0) is 15.6. The molecule has 0 aromatic carbocycles. The second-order valence-corrected chi connectivity index (χ2v) is 5.12. The minimum Gasteiger partial charge on any atom is -0.463 e. The van der Waals surface area contributed by atoms with E-state index in [9.17, 15) is 9.59 Å². The number of nitrogens with zero attached hydrogens (tertiary/aromatic N) is 2. The van der Waals surface area contributed by atoms with Gasteiger partial charge in [-0.15, -0.1) is 0 Å². The average molecular weight is 290 g/mol. The SMILES string of the molecule is COC(=O)c1oc(Cn2ccnc(C(C)C)c2=O)cc1C. The number of methoxy groups -OCH3 is 1. The van der Waals surface area contributed by atoms with Crippen molar-refractivity contribution in [3.05, 3.63) is 51.6 Å². The van der Waals surface area contributed by atoms with Crippen LogP contribution in [-0.2, 0) is 11.3 Å². The lowest BCUT2D eigenvalue weighted by atomic mass is 10.1. The van der Waals surface area contributed by atoms with Crippen LogP contribution in [0.4, 0.5) is 0 Å². The molecular weight excluding hydrogens is 272 g/mol. The minimum atomic E-state index is -0.524. The summed E-state index contributed by atoms with van der Waals surface area (Å²) in [7, 11) is 1.30. The number of aryl methyl sites for hydroxylation is 1. The van der Waals surface area contributed by atoms with Gasteiger partial charge in [0, 0.05) is 23.9 Å². The van der Waals surface area contributed by atoms with E-state index in [1.54, 1.807) is 25.4 Å². The van der Waals surface area contributed by atoms with E-state index in [4.69, 9.17) is 4.42 Å². The molecule has 0 atom stereocenters. The predicted molar refractivity (Wildman–Crippen MR) is 76.5 cm³/mol. The molecule has 0 unspecified atom stereocenters. The molecule has 0 aliphatic heterocycles. The van der Waals surface area contributed by atoms with Gasteiger partial charge < -0.3 is 13.7 Å². The summed E-state index contributed by atoms with van der Waals surface area (Å²) >= 11 is 0. The first-order valence-corrected chi connectivity index (χ1v) is 6.67. The topological polar surface area (TPSA) is 74.3 Å². The average Bonchev–Trinajstić information content (AvgIpc) is 2.80. The maximum Gasteiger partial charge on any atom is 0.374 e. The molecule has 0 spiro atoms. The van der Waals surface area contributed by atoms with E-state index in [0.29, 0.717) is 17.0 Å². The second kappa shape index (κ2) is 5.95. The minimum absolute atomic E-state index is 0.0499. The Hall–Kier alpha value is -2.37. The van der Waals surface area contributed by atoms with Crippen LogP contribution in [0.3, 0.4) is 0 Å². The smallest absolute Gasteiger partial charge is 0.374 e. The van der Waals surface area contributed by atoms with Crippen LogP contribution >= 0.6 is 0 Å². The van der Waals surface area contributed by atoms with E-state index >= 15 is 0 Å². The zero-order valence-corrected chi connectivity index (χ0v) is 12.5. The lowest BCUT2D eigenvalue weighted by Crippen LogP contribution is -2.25. The highest BCUT2D eigenvalue weighted by atomic mass is 16.5. The van der Waals surface area contributed by atoms with Crippen LogP contribution < -0.4 is 5.56 Å². The number of carbonyl (C=O) groups is 1. The van der Waals surface area contributed by atoms with Gasteiger partial charge in [0.05, 0.1) is 13.7 Å². The highest BCUT2D eigenvalue weighted by molar-refractivity contribution is 5.87. The standard InChI is InChI=1S/C15H18N2O4/c1-9(2)12-14(18)17(6-5-16-12)8-11-7-10(3)13(21-11)15(19)20-4/h5-7,9H,8H2,1-4H3. The molecule has 2 heterocycles. The third kappa shape index (κ3) is 3.04. The summed E-state index contributed by atoms with van der Waals surface area (Å²) in [5.74, 6) is 0.215. The van der Waals surface area contributed by atoms with Crippen molar-refractivity contribution in [2.24, 2.45) is 0 Å². The molecule has 112 valence electrons. The first-order valence-electron chi connectivity index (χ1n) is 6.67. The van der Waals surface area contributed by atoms with Crippen molar-refractivity contribution in [2.75, 3.05) is 7.11 Å². The molecule has 6 heteroatoms. The molecule has 21 heavy (non-hydrogen) atoms. The fourth-order valence-corrected chi connectivity index (χ4v) is 2.07. The summed E-state index contributed by atoms with van der Waals surface area (Å²) in [5, 5.41) is 0. The van der Waals surface area contributed by atoms with Crippen LogP contribution in [0.5, 0.6) is 0 Å². The van der Waals surface area contributed by atoms with Gasteiger partial charge in [-0.3, -0.25) is 9.78 Å². The van der Waals surface area contributed by atoms with E-state index in [1.165, 1.54) is 11.7 Å². The fraction of sp³-hybridized carbons (Fsp3) is 0.400. The van der Waals surface area contributed by atoms with Gasteiger partial charge in [-0.1, -0.05) is 13.8 Å². The quantitative estimate of drug-likeness (QED) is 0.806. The fourth-order valence-electron chi connectivity index (χ4n) is 2.07. The summed E-state index contributed by atoms with van der Waals surface area (Å²) in [6.45, 7) is 5.84. The number of carbonyl (C=O) groups excluding carboxylic acids is 1. The number of aromatic nitrogens is 2. The molecule has 0 bridgehead atoms. The lowest BCUT2D eigenvalue weighted by molar-refractivity contribution is 0.0561. The van der Waals surface area contributed by atoms with Gasteiger partial charge in [-0.2, -0.15) is 0 Å². The van der Waals surface area contributed by atoms with E-state index in [1.807, 2.05) is 13.8 Å². The second-order valence-electron chi connectivity index (χ2n) is 5.12. The Labute approximate surface area is 122 Å². The van der Waals surface area contributed by atoms with Gasteiger partial charge in [0.25, 0.3) is 5.56 Å². The maximum atomic E-state index is 12.3. The number of hydrogen-bond acceptors (Lipinski definition) is 5. The Bertz CT molecular complexity index is 713. The third-order valence-electron chi connectivity index (χ3n) is 3.15. The molecule has 6 nitrogen and oxygen atoms in total. The molecule has 0 aliphatic carbocycles. The van der Waals surface area contributed by atoms with E-state index in [2.05, 4.69) is 9.72 Å². The molecule has 2 rings (SSSR count). The maximum absolute atomic E-state index is 12.3. The van der Waals surface area contributed by atoms with Crippen molar-refractivity contribution in [2.45, 2.75) is 33.2 Å². The van der Waals surface area contributed by atoms with Crippen molar-refractivity contribution < 1.29 is 13.9 Å². The molecule has 0 saturated carbocycles. The van der Waals surface area contributed by atoms with E-state index < -0.39 is 5.97 Å². The number of furan rings is 1. The Morgan fingerprint density at radius 2 is 2.19 bits per heavy atom. The van der Waals surface area contributed by atoms with Gasteiger partial charge >= 0.3 is 5.97 Å². The van der Waals surface area contributed by atoms with Gasteiger partial charge in [0.1, 0.15) is 11.5 Å². The molecule has 0 saturated heterocycles. The first kappa shape index (κ1) is 15.0. The van der Waals surface area contributed by atoms with Crippen LogP contribution in [0, 0.1) is 6.92 Å². The number of hydrogen-bond donors (Lipinski definition) is 0. The number of rotatable bonds is 4. The summed E-state index contributed by atoms with van der Waals surface area (Å²) < 4.78 is 11.6. The van der Waals surface area contributed by atoms with Crippen LogP contribution in [0.15, 0.2) is 27.7 Å². The van der Waals surface area contributed by atoms with Crippen molar-refractivity contribution in [3.8, 4) is 0 Å². The van der Waals surface area contributed by atoms with Gasteiger partial charge in [0.2, 0.25) is 5.76 Å². The Morgan fingerprint density at radius 3 is 2.81 bits per heavy atom. The molecule has 0 aliphatic rings. The predicted octanol–water partition coefficient (Wildman–Crippen LogP) is 2.10. The summed E-state index contributed by atoms with van der Waals surface area (Å²) in [4.78, 5) is 27.9. The van der Waals surface area contributed by atoms with Crippen molar-refractivity contribution in [1.29, 1.82) is 0 Å².